The molecule has 1 aliphatic rings. The number of nitrogens with one attached hydrogen (secondary N) is 2. The van der Waals surface area contributed by atoms with Gasteiger partial charge in [0, 0.05) is 23.0 Å². The van der Waals surface area contributed by atoms with Gasteiger partial charge in [0.15, 0.2) is 11.5 Å². The van der Waals surface area contributed by atoms with Gasteiger partial charge in [-0.1, -0.05) is 6.07 Å². The fourth-order valence-electron chi connectivity index (χ4n) is 3.46. The smallest absolute Gasteiger partial charge is 0.354 e. The molecule has 2 heterocycles. The van der Waals surface area contributed by atoms with Crippen molar-refractivity contribution in [3.05, 3.63) is 53.7 Å². The number of hydrogen-bond donors (Lipinski definition) is 2. The molecule has 7 heteroatoms. The van der Waals surface area contributed by atoms with Crippen LogP contribution in [0.5, 0.6) is 11.5 Å². The van der Waals surface area contributed by atoms with Gasteiger partial charge >= 0.3 is 5.97 Å². The number of fused-ring (bicyclic) bond motifs is 2. The molecule has 2 aromatic carbocycles. The minimum absolute atomic E-state index is 0.0267. The largest absolute Gasteiger partial charge is 0.461 e. The van der Waals surface area contributed by atoms with E-state index in [1.54, 1.807) is 13.0 Å². The molecular weight excluding hydrogens is 384 g/mol. The summed E-state index contributed by atoms with van der Waals surface area (Å²) in [5.74, 6) is 1.16. The summed E-state index contributed by atoms with van der Waals surface area (Å²) in [6, 6.07) is 13.2. The first kappa shape index (κ1) is 19.8. The van der Waals surface area contributed by atoms with Crippen molar-refractivity contribution in [2.24, 2.45) is 0 Å². The van der Waals surface area contributed by atoms with Crippen LogP contribution in [-0.4, -0.2) is 30.3 Å². The van der Waals surface area contributed by atoms with Gasteiger partial charge in [-0.3, -0.25) is 4.79 Å². The second-order valence-electron chi connectivity index (χ2n) is 7.15. The standard InChI is InChI=1S/C23H24N2O5/c1-2-28-23(27)19-13-16-12-17(8-9-18(16)25-19)24-22(26)6-4-3-5-15-7-10-20-21(11-15)30-14-29-20/h7-13,25H,2-6,14H2,1H3,(H,24,26). The van der Waals surface area contributed by atoms with Crippen LogP contribution in [0.2, 0.25) is 0 Å². The predicted molar refractivity (Wildman–Crippen MR) is 113 cm³/mol. The Hall–Kier alpha value is -3.48. The molecule has 0 radical (unpaired) electrons. The lowest BCUT2D eigenvalue weighted by atomic mass is 10.1. The number of aryl methyl sites for hydroxylation is 1. The molecule has 0 unspecified atom stereocenters. The first-order valence-corrected chi connectivity index (χ1v) is 10.1. The van der Waals surface area contributed by atoms with E-state index in [2.05, 4.69) is 10.3 Å². The average Bonchev–Trinajstić information content (AvgIpc) is 3.37. The number of carbonyl (C=O) groups excluding carboxylic acids is 2. The molecule has 2 N–H and O–H groups in total. The zero-order chi connectivity index (χ0) is 20.9. The van der Waals surface area contributed by atoms with Crippen LogP contribution in [0.4, 0.5) is 5.69 Å². The van der Waals surface area contributed by atoms with Gasteiger partial charge in [0.1, 0.15) is 5.69 Å². The molecule has 0 bridgehead atoms. The van der Waals surface area contributed by atoms with E-state index in [1.165, 1.54) is 5.56 Å². The molecule has 1 aliphatic heterocycles. The summed E-state index contributed by atoms with van der Waals surface area (Å²) in [5.41, 5.74) is 3.10. The second-order valence-corrected chi connectivity index (χ2v) is 7.15. The molecule has 156 valence electrons. The van der Waals surface area contributed by atoms with E-state index in [4.69, 9.17) is 14.2 Å². The fraction of sp³-hybridized carbons (Fsp3) is 0.304. The number of carbonyl (C=O) groups is 2. The van der Waals surface area contributed by atoms with Gasteiger partial charge in [-0.05, 0) is 68.1 Å². The zero-order valence-electron chi connectivity index (χ0n) is 16.8. The topological polar surface area (TPSA) is 89.7 Å². The number of ether oxygens (including phenoxy) is 3. The van der Waals surface area contributed by atoms with Crippen molar-refractivity contribution >= 4 is 28.5 Å². The first-order valence-electron chi connectivity index (χ1n) is 10.1. The van der Waals surface area contributed by atoms with Gasteiger partial charge in [0.2, 0.25) is 12.7 Å². The molecule has 0 fully saturated rings. The van der Waals surface area contributed by atoms with E-state index in [-0.39, 0.29) is 18.7 Å². The Bertz CT molecular complexity index is 1070. The lowest BCUT2D eigenvalue weighted by Gasteiger charge is -2.06. The molecule has 7 nitrogen and oxygen atoms in total. The third kappa shape index (κ3) is 4.56. The van der Waals surface area contributed by atoms with Crippen LogP contribution in [0, 0.1) is 0 Å². The van der Waals surface area contributed by atoms with E-state index in [9.17, 15) is 9.59 Å². The Kier molecular flexibility index (Phi) is 5.88. The number of aromatic amines is 1. The van der Waals surface area contributed by atoms with Crippen molar-refractivity contribution in [2.45, 2.75) is 32.6 Å². The second kappa shape index (κ2) is 8.90. The fourth-order valence-corrected chi connectivity index (χ4v) is 3.46. The quantitative estimate of drug-likeness (QED) is 0.425. The molecule has 0 saturated heterocycles. The summed E-state index contributed by atoms with van der Waals surface area (Å²) in [6.45, 7) is 2.37. The number of aromatic nitrogens is 1. The van der Waals surface area contributed by atoms with E-state index >= 15 is 0 Å². The number of amides is 1. The minimum atomic E-state index is -0.387. The van der Waals surface area contributed by atoms with Crippen LogP contribution in [0.3, 0.4) is 0 Å². The Morgan fingerprint density at radius 2 is 1.93 bits per heavy atom. The van der Waals surface area contributed by atoms with Crippen molar-refractivity contribution in [3.63, 3.8) is 0 Å². The summed E-state index contributed by atoms with van der Waals surface area (Å²) in [4.78, 5) is 27.2. The molecule has 4 rings (SSSR count). The maximum atomic E-state index is 12.3. The van der Waals surface area contributed by atoms with Gasteiger partial charge in [-0.25, -0.2) is 4.79 Å². The van der Waals surface area contributed by atoms with Crippen LogP contribution in [-0.2, 0) is 16.0 Å². The molecule has 1 aromatic heterocycles. The molecule has 0 atom stereocenters. The zero-order valence-corrected chi connectivity index (χ0v) is 16.8. The van der Waals surface area contributed by atoms with Crippen LogP contribution in [0.1, 0.15) is 42.2 Å². The van der Waals surface area contributed by atoms with E-state index in [0.29, 0.717) is 24.4 Å². The minimum Gasteiger partial charge on any atom is -0.461 e. The number of esters is 1. The van der Waals surface area contributed by atoms with Crippen LogP contribution in [0.25, 0.3) is 10.9 Å². The van der Waals surface area contributed by atoms with Crippen molar-refractivity contribution < 1.29 is 23.8 Å². The Morgan fingerprint density at radius 3 is 2.80 bits per heavy atom. The highest BCUT2D eigenvalue weighted by Crippen LogP contribution is 2.32. The maximum absolute atomic E-state index is 12.3. The van der Waals surface area contributed by atoms with Gasteiger partial charge in [-0.2, -0.15) is 0 Å². The third-order valence-corrected chi connectivity index (χ3v) is 4.96. The maximum Gasteiger partial charge on any atom is 0.354 e. The number of hydrogen-bond acceptors (Lipinski definition) is 5. The number of unbranched alkanes of at least 4 members (excludes halogenated alkanes) is 1. The van der Waals surface area contributed by atoms with Gasteiger partial charge < -0.3 is 24.5 Å². The number of H-pyrrole nitrogens is 1. The molecule has 0 spiro atoms. The van der Waals surface area contributed by atoms with Gasteiger partial charge in [0.05, 0.1) is 6.61 Å². The van der Waals surface area contributed by atoms with Crippen LogP contribution < -0.4 is 14.8 Å². The van der Waals surface area contributed by atoms with Crippen molar-refractivity contribution in [2.75, 3.05) is 18.7 Å². The lowest BCUT2D eigenvalue weighted by Crippen LogP contribution is -2.11. The highest BCUT2D eigenvalue weighted by Gasteiger charge is 2.13. The van der Waals surface area contributed by atoms with Gasteiger partial charge in [0.25, 0.3) is 0 Å². The third-order valence-electron chi connectivity index (χ3n) is 4.96. The summed E-state index contributed by atoms with van der Waals surface area (Å²) < 4.78 is 15.7. The normalized spacial score (nSPS) is 12.2. The number of anilines is 1. The molecule has 0 saturated carbocycles. The van der Waals surface area contributed by atoms with Gasteiger partial charge in [-0.15, -0.1) is 0 Å². The van der Waals surface area contributed by atoms with E-state index in [1.807, 2.05) is 36.4 Å². The van der Waals surface area contributed by atoms with Crippen LogP contribution in [0.15, 0.2) is 42.5 Å². The lowest BCUT2D eigenvalue weighted by molar-refractivity contribution is -0.116. The molecule has 1 amide bonds. The monoisotopic (exact) mass is 408 g/mol. The predicted octanol–water partition coefficient (Wildman–Crippen LogP) is 4.42. The summed E-state index contributed by atoms with van der Waals surface area (Å²) in [7, 11) is 0. The first-order chi connectivity index (χ1) is 14.6. The number of benzene rings is 2. The van der Waals surface area contributed by atoms with E-state index < -0.39 is 0 Å². The summed E-state index contributed by atoms with van der Waals surface area (Å²) in [5, 5.41) is 3.77. The van der Waals surface area contributed by atoms with Crippen molar-refractivity contribution in [1.82, 2.24) is 4.98 Å². The summed E-state index contributed by atoms with van der Waals surface area (Å²) >= 11 is 0. The molecule has 30 heavy (non-hydrogen) atoms. The SMILES string of the molecule is CCOC(=O)c1cc2cc(NC(=O)CCCCc3ccc4c(c3)OCO4)ccc2[nH]1. The highest BCUT2D eigenvalue weighted by atomic mass is 16.7. The van der Waals surface area contributed by atoms with Crippen molar-refractivity contribution in [1.29, 1.82) is 0 Å². The Balaban J connectivity index is 1.26. The van der Waals surface area contributed by atoms with E-state index in [0.717, 1.165) is 41.7 Å². The van der Waals surface area contributed by atoms with Crippen LogP contribution >= 0.6 is 0 Å². The number of rotatable bonds is 8. The molecule has 3 aromatic rings. The average molecular weight is 408 g/mol. The Labute approximate surface area is 174 Å². The summed E-state index contributed by atoms with van der Waals surface area (Å²) in [6.07, 6.45) is 3.03. The Morgan fingerprint density at radius 1 is 1.07 bits per heavy atom. The van der Waals surface area contributed by atoms with Crippen molar-refractivity contribution in [3.8, 4) is 11.5 Å². The highest BCUT2D eigenvalue weighted by molar-refractivity contribution is 5.97. The molecular formula is C23H24N2O5. The molecule has 0 aliphatic carbocycles.